The quantitative estimate of drug-likeness (QED) is 0.868. The Morgan fingerprint density at radius 3 is 2.80 bits per heavy atom. The van der Waals surface area contributed by atoms with Gasteiger partial charge in [0.25, 0.3) is 0 Å². The maximum absolute atomic E-state index is 13.0. The average Bonchev–Trinajstić information content (AvgIpc) is 2.13. The largest absolute Gasteiger partial charge is 0.495 e. The summed E-state index contributed by atoms with van der Waals surface area (Å²) < 4.78 is 18.0. The highest BCUT2D eigenvalue weighted by Crippen LogP contribution is 2.30. The predicted octanol–water partition coefficient (Wildman–Crippen LogP) is 2.50. The molecular formula is C10H10ClFO3. The molecule has 0 spiro atoms. The molecule has 0 bridgehead atoms. The molecule has 0 amide bonds. The number of hydrogen-bond donors (Lipinski definition) is 1. The first-order valence-corrected chi connectivity index (χ1v) is 4.66. The van der Waals surface area contributed by atoms with Gasteiger partial charge in [0, 0.05) is 6.42 Å². The van der Waals surface area contributed by atoms with Gasteiger partial charge in [-0.1, -0.05) is 11.6 Å². The van der Waals surface area contributed by atoms with Gasteiger partial charge in [-0.25, -0.2) is 4.39 Å². The van der Waals surface area contributed by atoms with Crippen molar-refractivity contribution >= 4 is 17.6 Å². The molecule has 3 nitrogen and oxygen atoms in total. The zero-order valence-electron chi connectivity index (χ0n) is 8.09. The van der Waals surface area contributed by atoms with Gasteiger partial charge in [-0.2, -0.15) is 0 Å². The molecule has 0 aliphatic heterocycles. The molecule has 0 atom stereocenters. The van der Waals surface area contributed by atoms with Crippen LogP contribution in [0.25, 0.3) is 0 Å². The van der Waals surface area contributed by atoms with Gasteiger partial charge >= 0.3 is 5.97 Å². The number of aryl methyl sites for hydroxylation is 1. The summed E-state index contributed by atoms with van der Waals surface area (Å²) in [6, 6.07) is 2.36. The zero-order chi connectivity index (χ0) is 11.4. The minimum atomic E-state index is -0.947. The molecule has 0 unspecified atom stereocenters. The van der Waals surface area contributed by atoms with Crippen LogP contribution in [0.4, 0.5) is 4.39 Å². The Hall–Kier alpha value is -1.29. The van der Waals surface area contributed by atoms with Gasteiger partial charge in [0.15, 0.2) is 0 Å². The van der Waals surface area contributed by atoms with E-state index < -0.39 is 11.8 Å². The summed E-state index contributed by atoms with van der Waals surface area (Å²) in [5, 5.41) is 8.66. The number of ether oxygens (including phenoxy) is 1. The van der Waals surface area contributed by atoms with Gasteiger partial charge in [-0.15, -0.1) is 0 Å². The molecule has 0 saturated carbocycles. The van der Waals surface area contributed by atoms with Crippen LogP contribution >= 0.6 is 11.6 Å². The van der Waals surface area contributed by atoms with Crippen LogP contribution in [0.5, 0.6) is 5.75 Å². The zero-order valence-corrected chi connectivity index (χ0v) is 8.84. The van der Waals surface area contributed by atoms with Gasteiger partial charge in [-0.3, -0.25) is 4.79 Å². The Bertz CT molecular complexity index is 379. The molecule has 15 heavy (non-hydrogen) atoms. The van der Waals surface area contributed by atoms with Gasteiger partial charge in [0.1, 0.15) is 11.6 Å². The lowest BCUT2D eigenvalue weighted by Crippen LogP contribution is -2.00. The summed E-state index contributed by atoms with van der Waals surface area (Å²) in [5.41, 5.74) is 0.463. The Morgan fingerprint density at radius 2 is 2.27 bits per heavy atom. The van der Waals surface area contributed by atoms with Crippen LogP contribution in [0.1, 0.15) is 12.0 Å². The van der Waals surface area contributed by atoms with Crippen molar-refractivity contribution in [3.05, 3.63) is 28.5 Å². The molecule has 0 fully saturated rings. The molecule has 1 aromatic carbocycles. The fourth-order valence-corrected chi connectivity index (χ4v) is 1.57. The molecule has 0 aromatic heterocycles. The molecule has 1 aromatic rings. The maximum atomic E-state index is 13.0. The normalized spacial score (nSPS) is 10.1. The molecule has 0 aliphatic carbocycles. The molecule has 82 valence electrons. The van der Waals surface area contributed by atoms with Crippen LogP contribution in [0.2, 0.25) is 5.02 Å². The van der Waals surface area contributed by atoms with Crippen molar-refractivity contribution in [2.45, 2.75) is 12.8 Å². The van der Waals surface area contributed by atoms with Crippen molar-refractivity contribution < 1.29 is 19.0 Å². The number of carboxylic acids is 1. The molecule has 0 heterocycles. The molecular weight excluding hydrogens is 223 g/mol. The van der Waals surface area contributed by atoms with E-state index in [1.54, 1.807) is 0 Å². The second-order valence-corrected chi connectivity index (χ2v) is 3.38. The fourth-order valence-electron chi connectivity index (χ4n) is 1.27. The van der Waals surface area contributed by atoms with E-state index >= 15 is 0 Å². The Morgan fingerprint density at radius 1 is 1.60 bits per heavy atom. The predicted molar refractivity (Wildman–Crippen MR) is 53.9 cm³/mol. The summed E-state index contributed by atoms with van der Waals surface area (Å²) in [4.78, 5) is 10.4. The van der Waals surface area contributed by atoms with Crippen molar-refractivity contribution in [3.63, 3.8) is 0 Å². The van der Waals surface area contributed by atoms with Crippen molar-refractivity contribution in [2.24, 2.45) is 0 Å². The number of methoxy groups -OCH3 is 1. The third-order valence-corrected chi connectivity index (χ3v) is 2.18. The van der Waals surface area contributed by atoms with E-state index in [1.807, 2.05) is 0 Å². The topological polar surface area (TPSA) is 46.5 Å². The molecule has 5 heteroatoms. The minimum Gasteiger partial charge on any atom is -0.495 e. The van der Waals surface area contributed by atoms with E-state index in [0.717, 1.165) is 6.07 Å². The van der Waals surface area contributed by atoms with E-state index in [9.17, 15) is 9.18 Å². The highest BCUT2D eigenvalue weighted by atomic mass is 35.5. The minimum absolute atomic E-state index is 0.0872. The van der Waals surface area contributed by atoms with Crippen LogP contribution in [0, 0.1) is 5.82 Å². The lowest BCUT2D eigenvalue weighted by Gasteiger charge is -2.09. The van der Waals surface area contributed by atoms with Gasteiger partial charge in [0.05, 0.1) is 12.1 Å². The van der Waals surface area contributed by atoms with Crippen LogP contribution in [-0.2, 0) is 11.2 Å². The molecule has 0 radical (unpaired) electrons. The number of aliphatic carboxylic acids is 1. The first-order valence-electron chi connectivity index (χ1n) is 4.28. The van der Waals surface area contributed by atoms with E-state index in [-0.39, 0.29) is 17.9 Å². The molecule has 1 N–H and O–H groups in total. The van der Waals surface area contributed by atoms with E-state index in [0.29, 0.717) is 11.3 Å². The third kappa shape index (κ3) is 3.09. The lowest BCUT2D eigenvalue weighted by atomic mass is 10.1. The Kier molecular flexibility index (Phi) is 3.91. The van der Waals surface area contributed by atoms with Gasteiger partial charge in [-0.05, 0) is 24.1 Å². The smallest absolute Gasteiger partial charge is 0.303 e. The number of halogens is 2. The van der Waals surface area contributed by atoms with Crippen LogP contribution < -0.4 is 4.74 Å². The standard InChI is InChI=1S/C10H10ClFO3/c1-15-10-6(2-3-9(13)14)4-7(12)5-8(10)11/h4-5H,2-3H2,1H3,(H,13,14). The van der Waals surface area contributed by atoms with Crippen LogP contribution in [-0.4, -0.2) is 18.2 Å². The first-order chi connectivity index (χ1) is 7.04. The van der Waals surface area contributed by atoms with E-state index in [4.69, 9.17) is 21.4 Å². The van der Waals surface area contributed by atoms with Gasteiger partial charge < -0.3 is 9.84 Å². The fraction of sp³-hybridized carbons (Fsp3) is 0.300. The number of rotatable bonds is 4. The molecule has 0 aliphatic rings. The molecule has 1 rings (SSSR count). The average molecular weight is 233 g/mol. The Labute approximate surface area is 91.4 Å². The lowest BCUT2D eigenvalue weighted by molar-refractivity contribution is -0.136. The van der Waals surface area contributed by atoms with Crippen molar-refractivity contribution in [3.8, 4) is 5.75 Å². The summed E-state index contributed by atoms with van der Waals surface area (Å²) in [6.07, 6.45) is 0.103. The van der Waals surface area contributed by atoms with Gasteiger partial charge in [0.2, 0.25) is 0 Å². The number of carboxylic acid groups (broad SMARTS) is 1. The summed E-state index contributed by atoms with van der Waals surface area (Å²) >= 11 is 5.74. The summed E-state index contributed by atoms with van der Waals surface area (Å²) in [5.74, 6) is -1.11. The monoisotopic (exact) mass is 232 g/mol. The highest BCUT2D eigenvalue weighted by molar-refractivity contribution is 6.32. The number of hydrogen-bond acceptors (Lipinski definition) is 2. The first kappa shape index (κ1) is 11.8. The summed E-state index contributed by atoms with van der Waals surface area (Å²) in [6.45, 7) is 0. The van der Waals surface area contributed by atoms with Crippen LogP contribution in [0.3, 0.4) is 0 Å². The number of benzene rings is 1. The Balaban J connectivity index is 2.98. The third-order valence-electron chi connectivity index (χ3n) is 1.90. The van der Waals surface area contributed by atoms with E-state index in [2.05, 4.69) is 0 Å². The highest BCUT2D eigenvalue weighted by Gasteiger charge is 2.11. The van der Waals surface area contributed by atoms with Crippen molar-refractivity contribution in [2.75, 3.05) is 7.11 Å². The number of carbonyl (C=O) groups is 1. The second kappa shape index (κ2) is 4.98. The van der Waals surface area contributed by atoms with Crippen LogP contribution in [0.15, 0.2) is 12.1 Å². The molecule has 0 saturated heterocycles. The second-order valence-electron chi connectivity index (χ2n) is 2.97. The summed E-state index contributed by atoms with van der Waals surface area (Å²) in [7, 11) is 1.41. The SMILES string of the molecule is COc1c(Cl)cc(F)cc1CCC(=O)O. The van der Waals surface area contributed by atoms with Crippen molar-refractivity contribution in [1.82, 2.24) is 0 Å². The van der Waals surface area contributed by atoms with E-state index in [1.165, 1.54) is 13.2 Å². The van der Waals surface area contributed by atoms with Crippen molar-refractivity contribution in [1.29, 1.82) is 0 Å². The maximum Gasteiger partial charge on any atom is 0.303 e.